The van der Waals surface area contributed by atoms with Crippen molar-refractivity contribution in [1.29, 1.82) is 0 Å². The van der Waals surface area contributed by atoms with Crippen LogP contribution in [0.2, 0.25) is 5.02 Å². The van der Waals surface area contributed by atoms with Crippen LogP contribution in [0, 0.1) is 12.8 Å². The highest BCUT2D eigenvalue weighted by molar-refractivity contribution is 6.31. The number of halogens is 1. The molecule has 0 aromatic heterocycles. The van der Waals surface area contributed by atoms with E-state index >= 15 is 0 Å². The Balaban J connectivity index is 2.49. The molecule has 1 amide bonds. The zero-order valence-corrected chi connectivity index (χ0v) is 11.8. The van der Waals surface area contributed by atoms with Gasteiger partial charge >= 0.3 is 0 Å². The van der Waals surface area contributed by atoms with E-state index in [1.807, 2.05) is 30.0 Å². The van der Waals surface area contributed by atoms with E-state index in [1.54, 1.807) is 0 Å². The van der Waals surface area contributed by atoms with Gasteiger partial charge in [-0.15, -0.1) is 0 Å². The lowest BCUT2D eigenvalue weighted by Gasteiger charge is -2.36. The summed E-state index contributed by atoms with van der Waals surface area (Å²) in [5, 5.41) is 0.649. The van der Waals surface area contributed by atoms with Gasteiger partial charge in [0.05, 0.1) is 0 Å². The Kier molecular flexibility index (Phi) is 3.39. The van der Waals surface area contributed by atoms with Gasteiger partial charge in [-0.3, -0.25) is 4.79 Å². The van der Waals surface area contributed by atoms with E-state index in [-0.39, 0.29) is 17.4 Å². The zero-order valence-electron chi connectivity index (χ0n) is 11.0. The molecule has 2 rings (SSSR count). The molecule has 18 heavy (non-hydrogen) atoms. The number of hydrogen-bond donors (Lipinski definition) is 1. The maximum absolute atomic E-state index is 12.3. The lowest BCUT2D eigenvalue weighted by atomic mass is 9.88. The maximum Gasteiger partial charge on any atom is 0.227 e. The van der Waals surface area contributed by atoms with Crippen molar-refractivity contribution >= 4 is 23.2 Å². The van der Waals surface area contributed by atoms with Gasteiger partial charge in [-0.05, 0) is 45.0 Å². The molecule has 1 saturated heterocycles. The fourth-order valence-corrected chi connectivity index (χ4v) is 2.86. The first-order chi connectivity index (χ1) is 8.37. The second kappa shape index (κ2) is 4.56. The molecule has 1 atom stereocenters. The number of carbonyl (C=O) groups excluding carboxylic acids is 1. The topological polar surface area (TPSA) is 46.3 Å². The third kappa shape index (κ3) is 2.02. The van der Waals surface area contributed by atoms with Crippen LogP contribution in [0.4, 0.5) is 5.69 Å². The maximum atomic E-state index is 12.3. The molecule has 0 radical (unpaired) electrons. The number of nitrogens with zero attached hydrogens (tertiary/aromatic N) is 1. The van der Waals surface area contributed by atoms with E-state index in [1.165, 1.54) is 0 Å². The van der Waals surface area contributed by atoms with E-state index < -0.39 is 0 Å². The van der Waals surface area contributed by atoms with Gasteiger partial charge in [-0.1, -0.05) is 17.7 Å². The highest BCUT2D eigenvalue weighted by Crippen LogP contribution is 2.40. The number of anilines is 1. The van der Waals surface area contributed by atoms with E-state index in [2.05, 4.69) is 13.8 Å². The highest BCUT2D eigenvalue weighted by Gasteiger charge is 2.46. The molecule has 0 saturated carbocycles. The van der Waals surface area contributed by atoms with Crippen molar-refractivity contribution in [3.05, 3.63) is 28.8 Å². The molecule has 1 aromatic carbocycles. The normalized spacial score (nSPS) is 22.6. The molecule has 4 heteroatoms. The highest BCUT2D eigenvalue weighted by atomic mass is 35.5. The molecule has 3 nitrogen and oxygen atoms in total. The third-order valence-corrected chi connectivity index (χ3v) is 4.18. The quantitative estimate of drug-likeness (QED) is 0.895. The number of nitrogens with two attached hydrogens (primary N) is 1. The summed E-state index contributed by atoms with van der Waals surface area (Å²) in [6.07, 6.45) is 0.509. The van der Waals surface area contributed by atoms with Gasteiger partial charge in [0.15, 0.2) is 0 Å². The summed E-state index contributed by atoms with van der Waals surface area (Å²) in [6.45, 7) is 6.64. The number of amides is 1. The van der Waals surface area contributed by atoms with Crippen LogP contribution in [-0.2, 0) is 4.79 Å². The molecule has 1 aliphatic heterocycles. The van der Waals surface area contributed by atoms with E-state index in [0.29, 0.717) is 18.0 Å². The Morgan fingerprint density at radius 2 is 2.17 bits per heavy atom. The summed E-state index contributed by atoms with van der Waals surface area (Å²) < 4.78 is 0. The van der Waals surface area contributed by atoms with Crippen LogP contribution in [0.5, 0.6) is 0 Å². The van der Waals surface area contributed by atoms with Crippen molar-refractivity contribution in [3.63, 3.8) is 0 Å². The molecule has 1 heterocycles. The molecule has 0 bridgehead atoms. The standard InChI is InChI=1S/C14H19ClN2O/c1-9-4-5-11(15)7-12(9)17-13(18)6-10(8-16)14(17,2)3/h4-5,7,10H,6,8,16H2,1-3H3. The molecule has 0 aliphatic carbocycles. The minimum atomic E-state index is -0.263. The molecular formula is C14H19ClN2O. The Morgan fingerprint density at radius 1 is 1.50 bits per heavy atom. The molecule has 98 valence electrons. The van der Waals surface area contributed by atoms with Crippen molar-refractivity contribution in [3.8, 4) is 0 Å². The van der Waals surface area contributed by atoms with E-state index in [0.717, 1.165) is 11.3 Å². The van der Waals surface area contributed by atoms with Crippen LogP contribution in [-0.4, -0.2) is 18.0 Å². The monoisotopic (exact) mass is 266 g/mol. The number of rotatable bonds is 2. The fourth-order valence-electron chi connectivity index (χ4n) is 2.70. The first-order valence-corrected chi connectivity index (χ1v) is 6.55. The molecule has 1 unspecified atom stereocenters. The van der Waals surface area contributed by atoms with Crippen LogP contribution >= 0.6 is 11.6 Å². The molecule has 1 aromatic rings. The summed E-state index contributed by atoms with van der Waals surface area (Å²) >= 11 is 6.04. The van der Waals surface area contributed by atoms with Gasteiger partial charge in [0.25, 0.3) is 0 Å². The molecule has 1 aliphatic rings. The lowest BCUT2D eigenvalue weighted by Crippen LogP contribution is -2.46. The van der Waals surface area contributed by atoms with Crippen molar-refractivity contribution in [2.75, 3.05) is 11.4 Å². The number of aryl methyl sites for hydroxylation is 1. The minimum absolute atomic E-state index is 0.126. The van der Waals surface area contributed by atoms with Gasteiger partial charge in [0, 0.05) is 28.6 Å². The number of carbonyl (C=O) groups is 1. The zero-order chi connectivity index (χ0) is 13.5. The minimum Gasteiger partial charge on any atom is -0.330 e. The van der Waals surface area contributed by atoms with Crippen molar-refractivity contribution in [1.82, 2.24) is 0 Å². The SMILES string of the molecule is Cc1ccc(Cl)cc1N1C(=O)CC(CN)C1(C)C. The Morgan fingerprint density at radius 3 is 2.72 bits per heavy atom. The summed E-state index contributed by atoms with van der Waals surface area (Å²) in [5.41, 5.74) is 7.46. The van der Waals surface area contributed by atoms with Crippen molar-refractivity contribution < 1.29 is 4.79 Å². The van der Waals surface area contributed by atoms with E-state index in [9.17, 15) is 4.79 Å². The Hall–Kier alpha value is -1.06. The second-order valence-electron chi connectivity index (χ2n) is 5.45. The first-order valence-electron chi connectivity index (χ1n) is 6.17. The van der Waals surface area contributed by atoms with E-state index in [4.69, 9.17) is 17.3 Å². The third-order valence-electron chi connectivity index (χ3n) is 3.94. The van der Waals surface area contributed by atoms with Crippen molar-refractivity contribution in [2.45, 2.75) is 32.7 Å². The van der Waals surface area contributed by atoms with Crippen LogP contribution in [0.25, 0.3) is 0 Å². The first kappa shape index (κ1) is 13.4. The van der Waals surface area contributed by atoms with Crippen molar-refractivity contribution in [2.24, 2.45) is 11.7 Å². The molecular weight excluding hydrogens is 248 g/mol. The van der Waals surface area contributed by atoms with Gasteiger partial charge in [-0.2, -0.15) is 0 Å². The average Bonchev–Trinajstić information content (AvgIpc) is 2.52. The average molecular weight is 267 g/mol. The van der Waals surface area contributed by atoms with Crippen LogP contribution < -0.4 is 10.6 Å². The largest absolute Gasteiger partial charge is 0.330 e. The fraction of sp³-hybridized carbons (Fsp3) is 0.500. The van der Waals surface area contributed by atoms with Gasteiger partial charge in [0.1, 0.15) is 0 Å². The number of hydrogen-bond acceptors (Lipinski definition) is 2. The van der Waals surface area contributed by atoms with Crippen LogP contribution in [0.3, 0.4) is 0 Å². The predicted molar refractivity (Wildman–Crippen MR) is 74.9 cm³/mol. The smallest absolute Gasteiger partial charge is 0.227 e. The van der Waals surface area contributed by atoms with Gasteiger partial charge in [0.2, 0.25) is 5.91 Å². The number of benzene rings is 1. The van der Waals surface area contributed by atoms with Crippen LogP contribution in [0.1, 0.15) is 25.8 Å². The Bertz CT molecular complexity index is 485. The molecule has 0 spiro atoms. The van der Waals surface area contributed by atoms with Crippen LogP contribution in [0.15, 0.2) is 18.2 Å². The predicted octanol–water partition coefficient (Wildman–Crippen LogP) is 2.74. The summed E-state index contributed by atoms with van der Waals surface area (Å²) in [7, 11) is 0. The van der Waals surface area contributed by atoms with Gasteiger partial charge < -0.3 is 10.6 Å². The Labute approximate surface area is 113 Å². The summed E-state index contributed by atoms with van der Waals surface area (Å²) in [5.74, 6) is 0.309. The van der Waals surface area contributed by atoms with Gasteiger partial charge in [-0.25, -0.2) is 0 Å². The summed E-state index contributed by atoms with van der Waals surface area (Å²) in [4.78, 5) is 14.1. The summed E-state index contributed by atoms with van der Waals surface area (Å²) in [6, 6.07) is 5.64. The molecule has 2 N–H and O–H groups in total. The molecule has 1 fully saturated rings. The lowest BCUT2D eigenvalue weighted by molar-refractivity contribution is -0.117. The second-order valence-corrected chi connectivity index (χ2v) is 5.89.